The van der Waals surface area contributed by atoms with E-state index in [4.69, 9.17) is 9.15 Å². The van der Waals surface area contributed by atoms with Gasteiger partial charge >= 0.3 is 0 Å². The SMILES string of the molecule is CCCNC(c1cncc(OC)c1)c1ccc(C)o1. The lowest BCUT2D eigenvalue weighted by molar-refractivity contribution is 0.407. The van der Waals surface area contributed by atoms with E-state index in [-0.39, 0.29) is 6.04 Å². The second-order valence-corrected chi connectivity index (χ2v) is 4.49. The summed E-state index contributed by atoms with van der Waals surface area (Å²) >= 11 is 0. The van der Waals surface area contributed by atoms with Crippen LogP contribution in [0, 0.1) is 6.92 Å². The van der Waals surface area contributed by atoms with Crippen molar-refractivity contribution in [3.05, 3.63) is 47.7 Å². The molecule has 4 nitrogen and oxygen atoms in total. The number of nitrogens with zero attached hydrogens (tertiary/aromatic N) is 1. The molecule has 2 aromatic rings. The predicted octanol–water partition coefficient (Wildman–Crippen LogP) is 3.08. The van der Waals surface area contributed by atoms with Gasteiger partial charge in [0.2, 0.25) is 0 Å². The Kier molecular flexibility index (Phi) is 4.58. The van der Waals surface area contributed by atoms with Gasteiger partial charge < -0.3 is 14.5 Å². The Balaban J connectivity index is 2.30. The quantitative estimate of drug-likeness (QED) is 0.867. The number of rotatable bonds is 6. The zero-order valence-corrected chi connectivity index (χ0v) is 11.6. The van der Waals surface area contributed by atoms with E-state index in [1.807, 2.05) is 31.3 Å². The summed E-state index contributed by atoms with van der Waals surface area (Å²) in [5, 5.41) is 3.48. The largest absolute Gasteiger partial charge is 0.495 e. The van der Waals surface area contributed by atoms with Crippen molar-refractivity contribution in [1.29, 1.82) is 0 Å². The van der Waals surface area contributed by atoms with Crippen LogP contribution in [0.2, 0.25) is 0 Å². The van der Waals surface area contributed by atoms with Crippen molar-refractivity contribution in [2.45, 2.75) is 26.3 Å². The Morgan fingerprint density at radius 1 is 1.37 bits per heavy atom. The Hall–Kier alpha value is -1.81. The van der Waals surface area contributed by atoms with Crippen molar-refractivity contribution in [2.24, 2.45) is 0 Å². The van der Waals surface area contributed by atoms with Crippen LogP contribution >= 0.6 is 0 Å². The summed E-state index contributed by atoms with van der Waals surface area (Å²) in [6.45, 7) is 5.01. The molecule has 2 heterocycles. The third-order valence-electron chi connectivity index (χ3n) is 2.95. The lowest BCUT2D eigenvalue weighted by Gasteiger charge is -2.17. The zero-order valence-electron chi connectivity index (χ0n) is 11.6. The highest BCUT2D eigenvalue weighted by molar-refractivity contribution is 5.31. The number of aryl methyl sites for hydroxylation is 1. The first kappa shape index (κ1) is 13.6. The number of methoxy groups -OCH3 is 1. The lowest BCUT2D eigenvalue weighted by Crippen LogP contribution is -2.23. The lowest BCUT2D eigenvalue weighted by atomic mass is 10.1. The van der Waals surface area contributed by atoms with Crippen LogP contribution in [0.1, 0.15) is 36.5 Å². The molecular weight excluding hydrogens is 240 g/mol. The van der Waals surface area contributed by atoms with Crippen molar-refractivity contribution < 1.29 is 9.15 Å². The zero-order chi connectivity index (χ0) is 13.7. The third kappa shape index (κ3) is 3.35. The molecule has 0 aromatic carbocycles. The number of aromatic nitrogens is 1. The summed E-state index contributed by atoms with van der Waals surface area (Å²) in [5.41, 5.74) is 1.04. The minimum Gasteiger partial charge on any atom is -0.495 e. The maximum atomic E-state index is 5.74. The van der Waals surface area contributed by atoms with Gasteiger partial charge in [-0.2, -0.15) is 0 Å². The molecule has 0 amide bonds. The number of hydrogen-bond acceptors (Lipinski definition) is 4. The van der Waals surface area contributed by atoms with Gasteiger partial charge in [-0.05, 0) is 43.7 Å². The summed E-state index contributed by atoms with van der Waals surface area (Å²) in [4.78, 5) is 4.21. The Labute approximate surface area is 113 Å². The molecule has 2 rings (SSSR count). The number of hydrogen-bond donors (Lipinski definition) is 1. The average molecular weight is 260 g/mol. The molecule has 0 aliphatic carbocycles. The van der Waals surface area contributed by atoms with E-state index < -0.39 is 0 Å². The van der Waals surface area contributed by atoms with Gasteiger partial charge in [-0.25, -0.2) is 0 Å². The smallest absolute Gasteiger partial charge is 0.137 e. The van der Waals surface area contributed by atoms with Gasteiger partial charge in [-0.3, -0.25) is 4.98 Å². The molecule has 0 aliphatic rings. The van der Waals surface area contributed by atoms with Crippen molar-refractivity contribution in [1.82, 2.24) is 10.3 Å². The van der Waals surface area contributed by atoms with E-state index in [1.54, 1.807) is 13.3 Å². The highest BCUT2D eigenvalue weighted by Crippen LogP contribution is 2.25. The van der Waals surface area contributed by atoms with Gasteiger partial charge in [-0.1, -0.05) is 6.92 Å². The molecule has 0 spiro atoms. The topological polar surface area (TPSA) is 47.3 Å². The van der Waals surface area contributed by atoms with Crippen LogP contribution in [-0.4, -0.2) is 18.6 Å². The first-order valence-corrected chi connectivity index (χ1v) is 6.53. The third-order valence-corrected chi connectivity index (χ3v) is 2.95. The highest BCUT2D eigenvalue weighted by atomic mass is 16.5. The van der Waals surface area contributed by atoms with Crippen LogP contribution in [0.3, 0.4) is 0 Å². The van der Waals surface area contributed by atoms with Gasteiger partial charge in [0.25, 0.3) is 0 Å². The Bertz CT molecular complexity index is 522. The van der Waals surface area contributed by atoms with Gasteiger partial charge in [0, 0.05) is 6.20 Å². The average Bonchev–Trinajstić information content (AvgIpc) is 2.86. The van der Waals surface area contributed by atoms with Crippen LogP contribution in [0.25, 0.3) is 0 Å². The van der Waals surface area contributed by atoms with Crippen LogP contribution in [-0.2, 0) is 0 Å². The summed E-state index contributed by atoms with van der Waals surface area (Å²) in [7, 11) is 1.65. The number of nitrogens with one attached hydrogen (secondary N) is 1. The van der Waals surface area contributed by atoms with Gasteiger partial charge in [0.05, 0.1) is 19.3 Å². The van der Waals surface area contributed by atoms with E-state index in [0.717, 1.165) is 35.8 Å². The second kappa shape index (κ2) is 6.38. The molecule has 0 radical (unpaired) electrons. The molecule has 2 aromatic heterocycles. The molecular formula is C15H20N2O2. The van der Waals surface area contributed by atoms with Crippen LogP contribution in [0.15, 0.2) is 35.0 Å². The number of pyridine rings is 1. The first-order chi connectivity index (χ1) is 9.24. The van der Waals surface area contributed by atoms with Crippen molar-refractivity contribution >= 4 is 0 Å². The highest BCUT2D eigenvalue weighted by Gasteiger charge is 2.17. The maximum Gasteiger partial charge on any atom is 0.137 e. The van der Waals surface area contributed by atoms with Gasteiger partial charge in [0.15, 0.2) is 0 Å². The Morgan fingerprint density at radius 3 is 2.84 bits per heavy atom. The van der Waals surface area contributed by atoms with Crippen molar-refractivity contribution in [3.8, 4) is 5.75 Å². The molecule has 0 bridgehead atoms. The second-order valence-electron chi connectivity index (χ2n) is 4.49. The summed E-state index contributed by atoms with van der Waals surface area (Å²) < 4.78 is 11.0. The standard InChI is InChI=1S/C15H20N2O2/c1-4-7-17-15(14-6-5-11(2)19-14)12-8-13(18-3)10-16-9-12/h5-6,8-10,15,17H,4,7H2,1-3H3. The monoisotopic (exact) mass is 260 g/mol. The minimum atomic E-state index is 0.0104. The maximum absolute atomic E-state index is 5.74. The predicted molar refractivity (Wildman–Crippen MR) is 74.4 cm³/mol. The van der Waals surface area contributed by atoms with E-state index >= 15 is 0 Å². The molecule has 0 aliphatic heterocycles. The van der Waals surface area contributed by atoms with Gasteiger partial charge in [0.1, 0.15) is 17.3 Å². The molecule has 102 valence electrons. The number of ether oxygens (including phenoxy) is 1. The van der Waals surface area contributed by atoms with E-state index in [9.17, 15) is 0 Å². The molecule has 0 saturated carbocycles. The Morgan fingerprint density at radius 2 is 2.21 bits per heavy atom. The van der Waals surface area contributed by atoms with Gasteiger partial charge in [-0.15, -0.1) is 0 Å². The normalized spacial score (nSPS) is 12.4. The molecule has 1 atom stereocenters. The summed E-state index contributed by atoms with van der Waals surface area (Å²) in [5.74, 6) is 2.57. The van der Waals surface area contributed by atoms with E-state index in [2.05, 4.69) is 17.2 Å². The molecule has 0 saturated heterocycles. The molecule has 1 N–H and O–H groups in total. The summed E-state index contributed by atoms with van der Waals surface area (Å²) in [6.07, 6.45) is 4.61. The van der Waals surface area contributed by atoms with Crippen LogP contribution in [0.5, 0.6) is 5.75 Å². The molecule has 19 heavy (non-hydrogen) atoms. The molecule has 1 unspecified atom stereocenters. The minimum absolute atomic E-state index is 0.0104. The number of furan rings is 1. The van der Waals surface area contributed by atoms with E-state index in [0.29, 0.717) is 0 Å². The van der Waals surface area contributed by atoms with E-state index in [1.165, 1.54) is 0 Å². The van der Waals surface area contributed by atoms with Crippen molar-refractivity contribution in [3.63, 3.8) is 0 Å². The fourth-order valence-electron chi connectivity index (χ4n) is 1.99. The van der Waals surface area contributed by atoms with Crippen molar-refractivity contribution in [2.75, 3.05) is 13.7 Å². The van der Waals surface area contributed by atoms with Crippen LogP contribution < -0.4 is 10.1 Å². The molecule has 0 fully saturated rings. The first-order valence-electron chi connectivity index (χ1n) is 6.53. The summed E-state index contributed by atoms with van der Waals surface area (Å²) in [6, 6.07) is 5.97. The molecule has 4 heteroatoms. The van der Waals surface area contributed by atoms with Crippen LogP contribution in [0.4, 0.5) is 0 Å². The fourth-order valence-corrected chi connectivity index (χ4v) is 1.99. The fraction of sp³-hybridized carbons (Fsp3) is 0.400.